The minimum absolute atomic E-state index is 0.0556. The first-order valence-electron chi connectivity index (χ1n) is 11.1. The SMILES string of the molecule is COc1nc(N[C@@H]2CN(C(C)=O)CC2(F)F)nn2cc(F)c(-c3ccc4nnn([C@@H](C)CF)c4c3)c12. The monoisotopic (exact) mass is 506 g/mol. The number of nitrogens with zero attached hydrogens (tertiary/aromatic N) is 7. The molecule has 1 N–H and O–H groups in total. The standard InChI is InChI=1S/C22H22F4N8O2/c1-11(7-23)34-16-6-13(4-5-15(16)29-31-34)18-14(24)8-33-19(18)20(36-3)28-21(30-33)27-17-9-32(12(2)35)10-22(17,25)26/h4-6,8,11,17H,7,9-10H2,1-3H3,(H,27,30)/t11-,17+/m0/s1. The second-order valence-corrected chi connectivity index (χ2v) is 8.69. The van der Waals surface area contributed by atoms with Crippen LogP contribution in [-0.4, -0.2) is 79.2 Å². The number of nitrogens with one attached hydrogen (secondary N) is 1. The van der Waals surface area contributed by atoms with E-state index in [9.17, 15) is 18.0 Å². The Balaban J connectivity index is 1.57. The van der Waals surface area contributed by atoms with E-state index in [4.69, 9.17) is 4.74 Å². The fourth-order valence-electron chi connectivity index (χ4n) is 4.31. The fourth-order valence-corrected chi connectivity index (χ4v) is 4.31. The zero-order valence-electron chi connectivity index (χ0n) is 19.5. The lowest BCUT2D eigenvalue weighted by atomic mass is 10.1. The van der Waals surface area contributed by atoms with E-state index in [1.54, 1.807) is 25.1 Å². The summed E-state index contributed by atoms with van der Waals surface area (Å²) in [6.45, 7) is 1.23. The summed E-state index contributed by atoms with van der Waals surface area (Å²) in [6.07, 6.45) is 1.08. The number of aromatic nitrogens is 6. The molecule has 1 amide bonds. The summed E-state index contributed by atoms with van der Waals surface area (Å²) >= 11 is 0. The number of alkyl halides is 3. The zero-order valence-corrected chi connectivity index (χ0v) is 19.5. The Labute approximate surface area is 201 Å². The Bertz CT molecular complexity index is 1470. The van der Waals surface area contributed by atoms with Crippen molar-refractivity contribution < 1.29 is 27.1 Å². The Morgan fingerprint density at radius 2 is 2.14 bits per heavy atom. The minimum Gasteiger partial charge on any atom is -0.479 e. The molecule has 4 heterocycles. The molecule has 1 fully saturated rings. The van der Waals surface area contributed by atoms with Gasteiger partial charge in [-0.05, 0) is 24.6 Å². The van der Waals surface area contributed by atoms with Gasteiger partial charge in [0.2, 0.25) is 17.7 Å². The lowest BCUT2D eigenvalue weighted by Crippen LogP contribution is -2.38. The lowest BCUT2D eigenvalue weighted by molar-refractivity contribution is -0.129. The number of likely N-dealkylation sites (tertiary alicyclic amines) is 1. The lowest BCUT2D eigenvalue weighted by Gasteiger charge is -2.19. The van der Waals surface area contributed by atoms with Crippen molar-refractivity contribution in [2.24, 2.45) is 0 Å². The number of benzene rings is 1. The third-order valence-corrected chi connectivity index (χ3v) is 6.21. The highest BCUT2D eigenvalue weighted by molar-refractivity contribution is 5.89. The maximum atomic E-state index is 15.2. The molecule has 0 spiro atoms. The van der Waals surface area contributed by atoms with Crippen molar-refractivity contribution in [2.75, 3.05) is 32.2 Å². The number of rotatable bonds is 6. The van der Waals surface area contributed by atoms with Gasteiger partial charge < -0.3 is 15.0 Å². The van der Waals surface area contributed by atoms with Gasteiger partial charge in [-0.3, -0.25) is 4.79 Å². The molecule has 4 aromatic rings. The van der Waals surface area contributed by atoms with E-state index in [2.05, 4.69) is 25.7 Å². The quantitative estimate of drug-likeness (QED) is 0.401. The number of carbonyl (C=O) groups is 1. The maximum absolute atomic E-state index is 15.2. The molecule has 1 aliphatic heterocycles. The molecule has 36 heavy (non-hydrogen) atoms. The number of ether oxygens (including phenoxy) is 1. The summed E-state index contributed by atoms with van der Waals surface area (Å²) < 4.78 is 65.3. The minimum atomic E-state index is -3.21. The number of fused-ring (bicyclic) bond motifs is 2. The average molecular weight is 506 g/mol. The largest absolute Gasteiger partial charge is 0.479 e. The number of anilines is 1. The van der Waals surface area contributed by atoms with Gasteiger partial charge in [0.05, 0.1) is 37.0 Å². The molecule has 14 heteroatoms. The van der Waals surface area contributed by atoms with Crippen molar-refractivity contribution in [1.82, 2.24) is 34.5 Å². The van der Waals surface area contributed by atoms with Crippen molar-refractivity contribution in [2.45, 2.75) is 31.9 Å². The smallest absolute Gasteiger partial charge is 0.286 e. The maximum Gasteiger partial charge on any atom is 0.286 e. The number of amides is 1. The Hall–Kier alpha value is -3.97. The Morgan fingerprint density at radius 1 is 1.36 bits per heavy atom. The van der Waals surface area contributed by atoms with Crippen LogP contribution in [0.2, 0.25) is 0 Å². The highest BCUT2D eigenvalue weighted by Crippen LogP contribution is 2.36. The number of halogens is 4. The highest BCUT2D eigenvalue weighted by Gasteiger charge is 2.49. The summed E-state index contributed by atoms with van der Waals surface area (Å²) in [5.41, 5.74) is 1.71. The number of hydrogen-bond donors (Lipinski definition) is 1. The molecule has 5 rings (SSSR count). The van der Waals surface area contributed by atoms with Crippen LogP contribution in [0.1, 0.15) is 19.9 Å². The normalized spacial score (nSPS) is 18.2. The summed E-state index contributed by atoms with van der Waals surface area (Å²) in [4.78, 5) is 16.8. The molecule has 0 aliphatic carbocycles. The van der Waals surface area contributed by atoms with Gasteiger partial charge in [0.1, 0.15) is 23.7 Å². The molecule has 190 valence electrons. The van der Waals surface area contributed by atoms with Crippen LogP contribution in [0.15, 0.2) is 24.4 Å². The van der Waals surface area contributed by atoms with Gasteiger partial charge in [-0.2, -0.15) is 4.98 Å². The van der Waals surface area contributed by atoms with Crippen LogP contribution in [0, 0.1) is 5.82 Å². The van der Waals surface area contributed by atoms with Gasteiger partial charge in [-0.1, -0.05) is 11.3 Å². The number of hydrogen-bond acceptors (Lipinski definition) is 7. The summed E-state index contributed by atoms with van der Waals surface area (Å²) in [5.74, 6) is -4.62. The van der Waals surface area contributed by atoms with E-state index in [1.165, 1.54) is 18.7 Å². The molecule has 0 radical (unpaired) electrons. The van der Waals surface area contributed by atoms with E-state index in [1.807, 2.05) is 0 Å². The van der Waals surface area contributed by atoms with E-state index in [0.717, 1.165) is 15.6 Å². The van der Waals surface area contributed by atoms with Gasteiger partial charge in [0.15, 0.2) is 5.82 Å². The van der Waals surface area contributed by atoms with Crippen molar-refractivity contribution in [3.05, 3.63) is 30.2 Å². The molecule has 1 aromatic carbocycles. The first-order valence-corrected chi connectivity index (χ1v) is 11.1. The molecular formula is C22H22F4N8O2. The second kappa shape index (κ2) is 8.60. The van der Waals surface area contributed by atoms with Gasteiger partial charge in [-0.15, -0.1) is 10.2 Å². The topological polar surface area (TPSA) is 102 Å². The van der Waals surface area contributed by atoms with Crippen LogP contribution in [-0.2, 0) is 4.79 Å². The van der Waals surface area contributed by atoms with Gasteiger partial charge >= 0.3 is 0 Å². The van der Waals surface area contributed by atoms with Crippen molar-refractivity contribution in [3.63, 3.8) is 0 Å². The highest BCUT2D eigenvalue weighted by atomic mass is 19.3. The second-order valence-electron chi connectivity index (χ2n) is 8.69. The van der Waals surface area contributed by atoms with Crippen LogP contribution < -0.4 is 10.1 Å². The molecular weight excluding hydrogens is 484 g/mol. The zero-order chi connectivity index (χ0) is 25.8. The molecule has 10 nitrogen and oxygen atoms in total. The van der Waals surface area contributed by atoms with Crippen molar-refractivity contribution in [1.29, 1.82) is 0 Å². The van der Waals surface area contributed by atoms with Crippen LogP contribution in [0.25, 0.3) is 27.7 Å². The predicted octanol–water partition coefficient (Wildman–Crippen LogP) is 3.10. The van der Waals surface area contributed by atoms with Crippen molar-refractivity contribution >= 4 is 28.4 Å². The van der Waals surface area contributed by atoms with Gasteiger partial charge in [0, 0.05) is 13.5 Å². The van der Waals surface area contributed by atoms with E-state index < -0.39 is 42.9 Å². The van der Waals surface area contributed by atoms with Gasteiger partial charge in [0.25, 0.3) is 5.92 Å². The first kappa shape index (κ1) is 23.8. The van der Waals surface area contributed by atoms with Gasteiger partial charge in [-0.25, -0.2) is 26.8 Å². The van der Waals surface area contributed by atoms with E-state index >= 15 is 4.39 Å². The van der Waals surface area contributed by atoms with Crippen LogP contribution in [0.4, 0.5) is 23.5 Å². The molecule has 1 saturated heterocycles. The third kappa shape index (κ3) is 3.85. The Morgan fingerprint density at radius 3 is 2.81 bits per heavy atom. The van der Waals surface area contributed by atoms with E-state index in [0.29, 0.717) is 16.6 Å². The van der Waals surface area contributed by atoms with Crippen LogP contribution in [0.3, 0.4) is 0 Å². The fraction of sp³-hybridized carbons (Fsp3) is 0.409. The third-order valence-electron chi connectivity index (χ3n) is 6.21. The molecule has 1 aliphatic rings. The van der Waals surface area contributed by atoms with Crippen molar-refractivity contribution in [3.8, 4) is 17.0 Å². The van der Waals surface area contributed by atoms with E-state index in [-0.39, 0.29) is 29.5 Å². The average Bonchev–Trinajstić information content (AvgIpc) is 3.50. The van der Waals surface area contributed by atoms with Crippen LogP contribution >= 0.6 is 0 Å². The first-order chi connectivity index (χ1) is 17.1. The molecule has 0 bridgehead atoms. The Kier molecular flexibility index (Phi) is 5.68. The summed E-state index contributed by atoms with van der Waals surface area (Å²) in [6, 6.07) is 2.88. The molecule has 3 aromatic heterocycles. The summed E-state index contributed by atoms with van der Waals surface area (Å²) in [5, 5.41) is 14.7. The molecule has 2 atom stereocenters. The number of methoxy groups -OCH3 is 1. The number of carbonyl (C=O) groups excluding carboxylic acids is 1. The summed E-state index contributed by atoms with van der Waals surface area (Å²) in [7, 11) is 1.31. The molecule has 0 saturated carbocycles. The van der Waals surface area contributed by atoms with Crippen LogP contribution in [0.5, 0.6) is 5.88 Å². The predicted molar refractivity (Wildman–Crippen MR) is 121 cm³/mol. The molecule has 0 unspecified atom stereocenters.